The van der Waals surface area contributed by atoms with Crippen LogP contribution in [0.2, 0.25) is 0 Å². The highest BCUT2D eigenvalue weighted by Crippen LogP contribution is 2.17. The van der Waals surface area contributed by atoms with E-state index in [0.29, 0.717) is 6.42 Å². The smallest absolute Gasteiger partial charge is 0.224 e. The molecule has 0 spiro atoms. The predicted octanol–water partition coefficient (Wildman–Crippen LogP) is 3.05. The Bertz CT molecular complexity index is 592. The zero-order valence-electron chi connectivity index (χ0n) is 11.7. The fourth-order valence-electron chi connectivity index (χ4n) is 2.13. The minimum atomic E-state index is -0.0172. The third kappa shape index (κ3) is 4.38. The van der Waals surface area contributed by atoms with E-state index in [-0.39, 0.29) is 17.7 Å². The van der Waals surface area contributed by atoms with Gasteiger partial charge in [-0.05, 0) is 43.7 Å². The number of phenolic OH excluding ortho intramolecular Hbond substituents is 1. The first-order valence-corrected chi connectivity index (χ1v) is 7.47. The van der Waals surface area contributed by atoms with Crippen LogP contribution in [0.4, 0.5) is 0 Å². The van der Waals surface area contributed by atoms with Crippen LogP contribution < -0.4 is 5.32 Å². The number of hydrogen-bond acceptors (Lipinski definition) is 3. The molecule has 1 amide bonds. The third-order valence-electron chi connectivity index (χ3n) is 2.99. The van der Waals surface area contributed by atoms with E-state index in [1.54, 1.807) is 29.5 Å². The van der Waals surface area contributed by atoms with E-state index in [1.807, 2.05) is 13.0 Å². The number of benzene rings is 1. The van der Waals surface area contributed by atoms with Crippen molar-refractivity contribution in [3.05, 3.63) is 51.7 Å². The summed E-state index contributed by atoms with van der Waals surface area (Å²) in [4.78, 5) is 14.5. The average molecular weight is 289 g/mol. The highest BCUT2D eigenvalue weighted by molar-refractivity contribution is 7.11. The zero-order valence-corrected chi connectivity index (χ0v) is 12.5. The largest absolute Gasteiger partial charge is 0.508 e. The molecule has 106 valence electrons. The van der Waals surface area contributed by atoms with Crippen LogP contribution in [0.25, 0.3) is 0 Å². The molecule has 1 aromatic heterocycles. The number of carbonyl (C=O) groups is 1. The second-order valence-electron chi connectivity index (χ2n) is 5.03. The van der Waals surface area contributed by atoms with Crippen LogP contribution in [0.3, 0.4) is 0 Å². The Hall–Kier alpha value is -1.81. The Morgan fingerprint density at radius 1 is 1.35 bits per heavy atom. The van der Waals surface area contributed by atoms with Crippen molar-refractivity contribution in [3.63, 3.8) is 0 Å². The van der Waals surface area contributed by atoms with Crippen LogP contribution in [-0.4, -0.2) is 17.1 Å². The molecular weight excluding hydrogens is 270 g/mol. The van der Waals surface area contributed by atoms with E-state index in [4.69, 9.17) is 0 Å². The van der Waals surface area contributed by atoms with E-state index in [2.05, 4.69) is 24.4 Å². The molecule has 0 aliphatic heterocycles. The fraction of sp³-hybridized carbons (Fsp3) is 0.312. The topological polar surface area (TPSA) is 49.3 Å². The van der Waals surface area contributed by atoms with Gasteiger partial charge < -0.3 is 10.4 Å². The number of amides is 1. The number of rotatable bonds is 5. The molecular formula is C16H19NO2S. The van der Waals surface area contributed by atoms with Crippen molar-refractivity contribution >= 4 is 17.2 Å². The monoisotopic (exact) mass is 289 g/mol. The molecule has 20 heavy (non-hydrogen) atoms. The molecule has 3 nitrogen and oxygen atoms in total. The number of aromatic hydroxyl groups is 1. The van der Waals surface area contributed by atoms with Crippen molar-refractivity contribution in [2.24, 2.45) is 0 Å². The number of thiophene rings is 1. The molecule has 0 fully saturated rings. The van der Waals surface area contributed by atoms with Gasteiger partial charge in [-0.3, -0.25) is 4.79 Å². The summed E-state index contributed by atoms with van der Waals surface area (Å²) in [5.74, 6) is 0.175. The van der Waals surface area contributed by atoms with Gasteiger partial charge in [-0.2, -0.15) is 0 Å². The van der Waals surface area contributed by atoms with Gasteiger partial charge in [-0.1, -0.05) is 12.1 Å². The predicted molar refractivity (Wildman–Crippen MR) is 82.2 cm³/mol. The standard InChI is InChI=1S/C16H19NO2S/c1-11(8-15-7-6-12(2)20-15)17-16(19)10-13-4-3-5-14(18)9-13/h3-7,9,11,18H,8,10H2,1-2H3,(H,17,19). The molecule has 2 rings (SSSR count). The molecule has 1 aromatic carbocycles. The van der Waals surface area contributed by atoms with Crippen molar-refractivity contribution < 1.29 is 9.90 Å². The second kappa shape index (κ2) is 6.57. The van der Waals surface area contributed by atoms with Gasteiger partial charge in [0, 0.05) is 22.2 Å². The van der Waals surface area contributed by atoms with Crippen LogP contribution in [-0.2, 0) is 17.6 Å². The highest BCUT2D eigenvalue weighted by atomic mass is 32.1. The number of phenols is 1. The summed E-state index contributed by atoms with van der Waals surface area (Å²) >= 11 is 1.76. The molecule has 1 heterocycles. The van der Waals surface area contributed by atoms with Crippen molar-refractivity contribution in [2.75, 3.05) is 0 Å². The lowest BCUT2D eigenvalue weighted by atomic mass is 10.1. The number of carbonyl (C=O) groups excluding carboxylic acids is 1. The van der Waals surface area contributed by atoms with Gasteiger partial charge in [0.2, 0.25) is 5.91 Å². The highest BCUT2D eigenvalue weighted by Gasteiger charge is 2.10. The summed E-state index contributed by atoms with van der Waals surface area (Å²) < 4.78 is 0. The minimum Gasteiger partial charge on any atom is -0.508 e. The Balaban J connectivity index is 1.84. The average Bonchev–Trinajstić information content (AvgIpc) is 2.74. The first-order valence-electron chi connectivity index (χ1n) is 6.65. The maximum atomic E-state index is 11.9. The van der Waals surface area contributed by atoms with E-state index in [9.17, 15) is 9.90 Å². The molecule has 4 heteroatoms. The Morgan fingerprint density at radius 3 is 2.80 bits per heavy atom. The first kappa shape index (κ1) is 14.6. The van der Waals surface area contributed by atoms with Gasteiger partial charge in [-0.15, -0.1) is 11.3 Å². The van der Waals surface area contributed by atoms with Crippen LogP contribution in [0.15, 0.2) is 36.4 Å². The van der Waals surface area contributed by atoms with Gasteiger partial charge in [0.15, 0.2) is 0 Å². The Labute approximate surface area is 123 Å². The lowest BCUT2D eigenvalue weighted by molar-refractivity contribution is -0.121. The molecule has 0 aliphatic carbocycles. The van der Waals surface area contributed by atoms with Gasteiger partial charge in [-0.25, -0.2) is 0 Å². The lowest BCUT2D eigenvalue weighted by Crippen LogP contribution is -2.34. The van der Waals surface area contributed by atoms with Crippen LogP contribution in [0.5, 0.6) is 5.75 Å². The summed E-state index contributed by atoms with van der Waals surface area (Å²) in [6.07, 6.45) is 1.15. The molecule has 1 atom stereocenters. The summed E-state index contributed by atoms with van der Waals surface area (Å²) in [5, 5.41) is 12.4. The van der Waals surface area contributed by atoms with E-state index < -0.39 is 0 Å². The molecule has 0 radical (unpaired) electrons. The van der Waals surface area contributed by atoms with Gasteiger partial charge >= 0.3 is 0 Å². The molecule has 0 saturated carbocycles. The fourth-order valence-corrected chi connectivity index (χ4v) is 3.14. The number of aryl methyl sites for hydroxylation is 1. The first-order chi connectivity index (χ1) is 9.52. The lowest BCUT2D eigenvalue weighted by Gasteiger charge is -2.13. The second-order valence-corrected chi connectivity index (χ2v) is 6.40. The van der Waals surface area contributed by atoms with Crippen molar-refractivity contribution in [1.29, 1.82) is 0 Å². The van der Waals surface area contributed by atoms with E-state index >= 15 is 0 Å². The molecule has 1 unspecified atom stereocenters. The Kier molecular flexibility index (Phi) is 4.79. The quantitative estimate of drug-likeness (QED) is 0.889. The maximum absolute atomic E-state index is 11.9. The van der Waals surface area contributed by atoms with Gasteiger partial charge in [0.1, 0.15) is 5.75 Å². The summed E-state index contributed by atoms with van der Waals surface area (Å²) in [5.41, 5.74) is 0.821. The summed E-state index contributed by atoms with van der Waals surface area (Å²) in [7, 11) is 0. The summed E-state index contributed by atoms with van der Waals surface area (Å²) in [6, 6.07) is 11.1. The van der Waals surface area contributed by atoms with Gasteiger partial charge in [0.25, 0.3) is 0 Å². The third-order valence-corrected chi connectivity index (χ3v) is 4.01. The number of nitrogens with one attached hydrogen (secondary N) is 1. The molecule has 0 saturated heterocycles. The van der Waals surface area contributed by atoms with Crippen molar-refractivity contribution in [1.82, 2.24) is 5.32 Å². The van der Waals surface area contributed by atoms with E-state index in [0.717, 1.165) is 12.0 Å². The molecule has 0 bridgehead atoms. The van der Waals surface area contributed by atoms with Crippen molar-refractivity contribution in [3.8, 4) is 5.75 Å². The molecule has 2 aromatic rings. The van der Waals surface area contributed by atoms with Crippen molar-refractivity contribution in [2.45, 2.75) is 32.7 Å². The number of hydrogen-bond donors (Lipinski definition) is 2. The molecule has 0 aliphatic rings. The van der Waals surface area contributed by atoms with Crippen LogP contribution in [0, 0.1) is 6.92 Å². The SMILES string of the molecule is Cc1ccc(CC(C)NC(=O)Cc2cccc(O)c2)s1. The Morgan fingerprint density at radius 2 is 2.15 bits per heavy atom. The maximum Gasteiger partial charge on any atom is 0.224 e. The minimum absolute atomic E-state index is 0.0172. The summed E-state index contributed by atoms with van der Waals surface area (Å²) in [6.45, 7) is 4.09. The van der Waals surface area contributed by atoms with Gasteiger partial charge in [0.05, 0.1) is 6.42 Å². The normalized spacial score (nSPS) is 12.1. The van der Waals surface area contributed by atoms with E-state index in [1.165, 1.54) is 9.75 Å². The van der Waals surface area contributed by atoms with Crippen LogP contribution in [0.1, 0.15) is 22.2 Å². The van der Waals surface area contributed by atoms with Crippen LogP contribution >= 0.6 is 11.3 Å². The molecule has 2 N–H and O–H groups in total. The zero-order chi connectivity index (χ0) is 14.5.